The Morgan fingerprint density at radius 2 is 1.95 bits per heavy atom. The molecule has 1 aliphatic heterocycles. The van der Waals surface area contributed by atoms with Crippen LogP contribution in [0.15, 0.2) is 0 Å². The molecule has 1 saturated heterocycles. The summed E-state index contributed by atoms with van der Waals surface area (Å²) in [6.45, 7) is 8.15. The standard InChI is InChI=1S/C15H28N2O2S/c1-6-8-12-15(19)17(11(7-2)9-20-5)13(10(3)4)14(18)16-12/h10-13H,6-9H2,1-5H3,(H,16,18). The summed E-state index contributed by atoms with van der Waals surface area (Å²) in [4.78, 5) is 27.0. The molecule has 0 radical (unpaired) electrons. The molecule has 2 amide bonds. The van der Waals surface area contributed by atoms with E-state index < -0.39 is 0 Å². The zero-order valence-electron chi connectivity index (χ0n) is 13.3. The van der Waals surface area contributed by atoms with E-state index in [1.54, 1.807) is 11.8 Å². The van der Waals surface area contributed by atoms with Crippen LogP contribution in [0.25, 0.3) is 0 Å². The van der Waals surface area contributed by atoms with E-state index in [0.29, 0.717) is 0 Å². The van der Waals surface area contributed by atoms with Gasteiger partial charge in [-0.2, -0.15) is 11.8 Å². The van der Waals surface area contributed by atoms with Gasteiger partial charge in [0.2, 0.25) is 11.8 Å². The molecule has 0 aromatic rings. The lowest BCUT2D eigenvalue weighted by atomic mass is 9.93. The molecule has 1 heterocycles. The Morgan fingerprint density at radius 3 is 2.40 bits per heavy atom. The van der Waals surface area contributed by atoms with Crippen LogP contribution >= 0.6 is 11.8 Å². The molecule has 0 saturated carbocycles. The van der Waals surface area contributed by atoms with Crippen molar-refractivity contribution in [3.05, 3.63) is 0 Å². The van der Waals surface area contributed by atoms with Gasteiger partial charge in [0, 0.05) is 11.8 Å². The molecular weight excluding hydrogens is 272 g/mol. The first-order chi connectivity index (χ1) is 9.47. The molecule has 3 unspecified atom stereocenters. The van der Waals surface area contributed by atoms with E-state index in [1.165, 1.54) is 0 Å². The highest BCUT2D eigenvalue weighted by molar-refractivity contribution is 7.98. The van der Waals surface area contributed by atoms with Crippen molar-refractivity contribution in [1.29, 1.82) is 0 Å². The topological polar surface area (TPSA) is 49.4 Å². The Hall–Kier alpha value is -0.710. The fourth-order valence-corrected chi connectivity index (χ4v) is 3.65. The normalized spacial score (nSPS) is 25.0. The molecule has 3 atom stereocenters. The number of hydrogen-bond donors (Lipinski definition) is 1. The fraction of sp³-hybridized carbons (Fsp3) is 0.867. The van der Waals surface area contributed by atoms with Gasteiger partial charge in [-0.05, 0) is 25.0 Å². The largest absolute Gasteiger partial charge is 0.342 e. The van der Waals surface area contributed by atoms with E-state index >= 15 is 0 Å². The minimum Gasteiger partial charge on any atom is -0.342 e. The maximum absolute atomic E-state index is 12.8. The summed E-state index contributed by atoms with van der Waals surface area (Å²) in [6.07, 6.45) is 4.56. The van der Waals surface area contributed by atoms with Gasteiger partial charge in [0.25, 0.3) is 0 Å². The zero-order chi connectivity index (χ0) is 15.3. The van der Waals surface area contributed by atoms with Gasteiger partial charge in [-0.3, -0.25) is 9.59 Å². The second-order valence-corrected chi connectivity index (χ2v) is 6.71. The van der Waals surface area contributed by atoms with Crippen LogP contribution < -0.4 is 5.32 Å². The third-order valence-corrected chi connectivity index (χ3v) is 4.59. The molecule has 1 aliphatic rings. The first-order valence-corrected chi connectivity index (χ1v) is 8.98. The van der Waals surface area contributed by atoms with Gasteiger partial charge in [0.05, 0.1) is 0 Å². The first kappa shape index (κ1) is 17.3. The maximum Gasteiger partial charge on any atom is 0.246 e. The Bertz CT molecular complexity index is 347. The van der Waals surface area contributed by atoms with E-state index in [1.807, 2.05) is 31.9 Å². The Kier molecular flexibility index (Phi) is 6.86. The first-order valence-electron chi connectivity index (χ1n) is 7.59. The molecule has 0 aromatic heterocycles. The lowest BCUT2D eigenvalue weighted by Crippen LogP contribution is -2.67. The number of hydrogen-bond acceptors (Lipinski definition) is 3. The third kappa shape index (κ3) is 3.68. The van der Waals surface area contributed by atoms with Crippen LogP contribution in [-0.2, 0) is 9.59 Å². The number of carbonyl (C=O) groups is 2. The lowest BCUT2D eigenvalue weighted by Gasteiger charge is -2.44. The van der Waals surface area contributed by atoms with Crippen LogP contribution in [0.3, 0.4) is 0 Å². The quantitative estimate of drug-likeness (QED) is 0.785. The predicted molar refractivity (Wildman–Crippen MR) is 84.8 cm³/mol. The second kappa shape index (κ2) is 7.91. The average molecular weight is 300 g/mol. The number of nitrogens with zero attached hydrogens (tertiary/aromatic N) is 1. The van der Waals surface area contributed by atoms with E-state index in [4.69, 9.17) is 0 Å². The van der Waals surface area contributed by atoms with Gasteiger partial charge >= 0.3 is 0 Å². The highest BCUT2D eigenvalue weighted by Gasteiger charge is 2.43. The fourth-order valence-electron chi connectivity index (χ4n) is 2.86. The molecule has 4 nitrogen and oxygen atoms in total. The molecule has 1 fully saturated rings. The van der Waals surface area contributed by atoms with Crippen LogP contribution in [0.1, 0.15) is 47.0 Å². The molecule has 0 bridgehead atoms. The second-order valence-electron chi connectivity index (χ2n) is 5.80. The number of amides is 2. The third-order valence-electron chi connectivity index (χ3n) is 3.87. The van der Waals surface area contributed by atoms with Crippen molar-refractivity contribution in [3.8, 4) is 0 Å². The van der Waals surface area contributed by atoms with E-state index in [0.717, 1.165) is 25.0 Å². The summed E-state index contributed by atoms with van der Waals surface area (Å²) < 4.78 is 0. The maximum atomic E-state index is 12.8. The Labute approximate surface area is 127 Å². The van der Waals surface area contributed by atoms with Crippen LogP contribution in [0.4, 0.5) is 0 Å². The predicted octanol–water partition coefficient (Wildman–Crippen LogP) is 2.28. The van der Waals surface area contributed by atoms with Crippen LogP contribution in [0, 0.1) is 5.92 Å². The lowest BCUT2D eigenvalue weighted by molar-refractivity contribution is -0.154. The van der Waals surface area contributed by atoms with Gasteiger partial charge in [0.15, 0.2) is 0 Å². The highest BCUT2D eigenvalue weighted by atomic mass is 32.2. The van der Waals surface area contributed by atoms with Crippen molar-refractivity contribution in [2.24, 2.45) is 5.92 Å². The minimum atomic E-state index is -0.335. The van der Waals surface area contributed by atoms with Crippen LogP contribution in [-0.4, -0.2) is 46.8 Å². The summed E-state index contributed by atoms with van der Waals surface area (Å²) >= 11 is 1.73. The number of thioether (sulfide) groups is 1. The number of piperazine rings is 1. The summed E-state index contributed by atoms with van der Waals surface area (Å²) in [5.41, 5.74) is 0. The highest BCUT2D eigenvalue weighted by Crippen LogP contribution is 2.24. The van der Waals surface area contributed by atoms with Gasteiger partial charge in [-0.15, -0.1) is 0 Å². The number of nitrogens with one attached hydrogen (secondary N) is 1. The average Bonchev–Trinajstić information content (AvgIpc) is 2.39. The van der Waals surface area contributed by atoms with E-state index in [-0.39, 0.29) is 35.9 Å². The molecule has 20 heavy (non-hydrogen) atoms. The van der Waals surface area contributed by atoms with Gasteiger partial charge in [0.1, 0.15) is 12.1 Å². The van der Waals surface area contributed by atoms with E-state index in [2.05, 4.69) is 12.2 Å². The Morgan fingerprint density at radius 1 is 1.30 bits per heavy atom. The van der Waals surface area contributed by atoms with Crippen molar-refractivity contribution in [2.45, 2.75) is 65.1 Å². The summed E-state index contributed by atoms with van der Waals surface area (Å²) in [6, 6.07) is -0.513. The molecule has 1 rings (SSSR count). The molecule has 5 heteroatoms. The molecule has 0 aliphatic carbocycles. The van der Waals surface area contributed by atoms with Crippen LogP contribution in [0.2, 0.25) is 0 Å². The number of carbonyl (C=O) groups excluding carboxylic acids is 2. The van der Waals surface area contributed by atoms with Gasteiger partial charge in [-0.25, -0.2) is 0 Å². The summed E-state index contributed by atoms with van der Waals surface area (Å²) in [7, 11) is 0. The SMILES string of the molecule is CCCC1NC(=O)C(C(C)C)N(C(CC)CSC)C1=O. The van der Waals surface area contributed by atoms with Crippen LogP contribution in [0.5, 0.6) is 0 Å². The minimum absolute atomic E-state index is 0.0117. The summed E-state index contributed by atoms with van der Waals surface area (Å²) in [5.74, 6) is 1.14. The van der Waals surface area contributed by atoms with Crippen molar-refractivity contribution < 1.29 is 9.59 Å². The molecule has 1 N–H and O–H groups in total. The molecular formula is C15H28N2O2S. The summed E-state index contributed by atoms with van der Waals surface area (Å²) in [5, 5.41) is 2.91. The monoisotopic (exact) mass is 300 g/mol. The van der Waals surface area contributed by atoms with Crippen molar-refractivity contribution in [3.63, 3.8) is 0 Å². The van der Waals surface area contributed by atoms with Gasteiger partial charge in [-0.1, -0.05) is 34.1 Å². The molecule has 0 spiro atoms. The van der Waals surface area contributed by atoms with Crippen molar-refractivity contribution in [2.75, 3.05) is 12.0 Å². The molecule has 0 aromatic carbocycles. The van der Waals surface area contributed by atoms with E-state index in [9.17, 15) is 9.59 Å². The smallest absolute Gasteiger partial charge is 0.246 e. The Balaban J connectivity index is 3.06. The zero-order valence-corrected chi connectivity index (χ0v) is 14.1. The van der Waals surface area contributed by atoms with Gasteiger partial charge < -0.3 is 10.2 Å². The van der Waals surface area contributed by atoms with Crippen molar-refractivity contribution >= 4 is 23.6 Å². The molecule has 116 valence electrons. The number of rotatable bonds is 7. The van der Waals surface area contributed by atoms with Crippen molar-refractivity contribution in [1.82, 2.24) is 10.2 Å².